The van der Waals surface area contributed by atoms with Gasteiger partial charge in [0.05, 0.1) is 11.0 Å². The Labute approximate surface area is 199 Å². The fraction of sp³-hybridized carbons (Fsp3) is 0.154. The van der Waals surface area contributed by atoms with Crippen LogP contribution in [0.3, 0.4) is 0 Å². The number of hydrogen-bond acceptors (Lipinski definition) is 5. The summed E-state index contributed by atoms with van der Waals surface area (Å²) in [6.07, 6.45) is 2.31. The average molecular weight is 479 g/mol. The highest BCUT2D eigenvalue weighted by atomic mass is 32.2. The van der Waals surface area contributed by atoms with E-state index in [9.17, 15) is 18.0 Å². The smallest absolute Gasteiger partial charge is 0.281 e. The first kappa shape index (κ1) is 24.7. The number of sulfonamides is 1. The molecule has 7 nitrogen and oxygen atoms in total. The standard InChI is InChI=1S/C26H26N2O5S/c1-3-19(2)33-22-16-14-20(15-17-22)18-24(27-25(29)21-10-6-4-7-11-21)26(30)28-34(31,32)23-12-8-5-9-13-23/h4-19H,3H2,1-2H3,(H,27,29)(H,28,30). The van der Waals surface area contributed by atoms with E-state index in [0.717, 1.165) is 6.42 Å². The largest absolute Gasteiger partial charge is 0.491 e. The molecule has 0 aliphatic heterocycles. The van der Waals surface area contributed by atoms with E-state index in [4.69, 9.17) is 4.74 Å². The molecule has 3 aromatic carbocycles. The SMILES string of the molecule is CCC(C)Oc1ccc(C=C(NC(=O)c2ccccc2)C(=O)NS(=O)(=O)c2ccccc2)cc1. The van der Waals surface area contributed by atoms with E-state index in [1.807, 2.05) is 18.6 Å². The Hall–Kier alpha value is -3.91. The molecule has 2 N–H and O–H groups in total. The highest BCUT2D eigenvalue weighted by molar-refractivity contribution is 7.90. The Morgan fingerprint density at radius 2 is 1.50 bits per heavy atom. The van der Waals surface area contributed by atoms with Crippen LogP contribution in [0.5, 0.6) is 5.75 Å². The van der Waals surface area contributed by atoms with Gasteiger partial charge in [-0.2, -0.15) is 0 Å². The summed E-state index contributed by atoms with van der Waals surface area (Å²) in [5.41, 5.74) is 0.681. The van der Waals surface area contributed by atoms with Gasteiger partial charge in [0.1, 0.15) is 11.4 Å². The third-order valence-electron chi connectivity index (χ3n) is 4.91. The van der Waals surface area contributed by atoms with Crippen molar-refractivity contribution in [3.05, 3.63) is 102 Å². The molecule has 0 bridgehead atoms. The number of ether oxygens (including phenoxy) is 1. The zero-order valence-electron chi connectivity index (χ0n) is 18.9. The van der Waals surface area contributed by atoms with E-state index >= 15 is 0 Å². The van der Waals surface area contributed by atoms with E-state index in [1.165, 1.54) is 18.2 Å². The quantitative estimate of drug-likeness (QED) is 0.450. The highest BCUT2D eigenvalue weighted by Gasteiger charge is 2.22. The van der Waals surface area contributed by atoms with Crippen molar-refractivity contribution in [2.45, 2.75) is 31.3 Å². The Morgan fingerprint density at radius 1 is 0.912 bits per heavy atom. The molecule has 3 aromatic rings. The summed E-state index contributed by atoms with van der Waals surface area (Å²) in [6.45, 7) is 3.98. The maximum Gasteiger partial charge on any atom is 0.281 e. The van der Waals surface area contributed by atoms with Gasteiger partial charge in [0.25, 0.3) is 21.8 Å². The molecule has 0 saturated heterocycles. The summed E-state index contributed by atoms with van der Waals surface area (Å²) < 4.78 is 33.1. The maximum atomic E-state index is 13.0. The highest BCUT2D eigenvalue weighted by Crippen LogP contribution is 2.17. The van der Waals surface area contributed by atoms with Crippen molar-refractivity contribution in [1.82, 2.24) is 10.0 Å². The molecule has 2 amide bonds. The third-order valence-corrected chi connectivity index (χ3v) is 6.26. The Kier molecular flexibility index (Phi) is 8.21. The summed E-state index contributed by atoms with van der Waals surface area (Å²) in [5.74, 6) is -0.846. The van der Waals surface area contributed by atoms with Gasteiger partial charge in [-0.15, -0.1) is 0 Å². The third kappa shape index (κ3) is 6.79. The van der Waals surface area contributed by atoms with Gasteiger partial charge in [-0.05, 0) is 61.4 Å². The molecule has 0 fully saturated rings. The van der Waals surface area contributed by atoms with Crippen molar-refractivity contribution < 1.29 is 22.7 Å². The number of nitrogens with one attached hydrogen (secondary N) is 2. The summed E-state index contributed by atoms with van der Waals surface area (Å²) in [4.78, 5) is 25.6. The molecule has 34 heavy (non-hydrogen) atoms. The minimum absolute atomic E-state index is 0.0519. The molecule has 1 unspecified atom stereocenters. The monoisotopic (exact) mass is 478 g/mol. The van der Waals surface area contributed by atoms with Crippen molar-refractivity contribution in [3.8, 4) is 5.75 Å². The second-order valence-electron chi connectivity index (χ2n) is 7.53. The summed E-state index contributed by atoms with van der Waals surface area (Å²) in [6, 6.07) is 22.7. The van der Waals surface area contributed by atoms with Crippen LogP contribution in [0.25, 0.3) is 6.08 Å². The summed E-state index contributed by atoms with van der Waals surface area (Å²) in [5, 5.41) is 2.53. The van der Waals surface area contributed by atoms with Crippen LogP contribution in [0.2, 0.25) is 0 Å². The van der Waals surface area contributed by atoms with Crippen LogP contribution in [0.15, 0.2) is 95.5 Å². The van der Waals surface area contributed by atoms with Gasteiger partial charge < -0.3 is 10.1 Å². The zero-order valence-corrected chi connectivity index (χ0v) is 19.7. The van der Waals surface area contributed by atoms with Crippen molar-refractivity contribution in [3.63, 3.8) is 0 Å². The van der Waals surface area contributed by atoms with Gasteiger partial charge in [0, 0.05) is 5.56 Å². The molecule has 0 aromatic heterocycles. The van der Waals surface area contributed by atoms with Crippen LogP contribution in [0, 0.1) is 0 Å². The fourth-order valence-electron chi connectivity index (χ4n) is 2.90. The van der Waals surface area contributed by atoms with Gasteiger partial charge in [-0.1, -0.05) is 55.5 Å². The first-order valence-electron chi connectivity index (χ1n) is 10.8. The lowest BCUT2D eigenvalue weighted by Gasteiger charge is -2.13. The molecule has 0 aliphatic rings. The number of amides is 2. The molecule has 0 radical (unpaired) electrons. The molecule has 8 heteroatoms. The molecule has 0 aliphatic carbocycles. The number of carbonyl (C=O) groups is 2. The number of hydrogen-bond donors (Lipinski definition) is 2. The maximum absolute atomic E-state index is 13.0. The average Bonchev–Trinajstić information content (AvgIpc) is 2.85. The first-order valence-corrected chi connectivity index (χ1v) is 12.2. The fourth-order valence-corrected chi connectivity index (χ4v) is 3.89. The molecule has 176 valence electrons. The number of rotatable bonds is 9. The minimum atomic E-state index is -4.13. The van der Waals surface area contributed by atoms with Crippen LogP contribution >= 0.6 is 0 Å². The van der Waals surface area contributed by atoms with E-state index < -0.39 is 21.8 Å². The van der Waals surface area contributed by atoms with Crippen LogP contribution in [0.1, 0.15) is 36.2 Å². The van der Waals surface area contributed by atoms with Gasteiger partial charge in [0.2, 0.25) is 0 Å². The van der Waals surface area contributed by atoms with E-state index in [2.05, 4.69) is 5.32 Å². The summed E-state index contributed by atoms with van der Waals surface area (Å²) in [7, 11) is -4.13. The Balaban J connectivity index is 1.88. The number of carbonyl (C=O) groups excluding carboxylic acids is 2. The Bertz CT molecular complexity index is 1260. The molecule has 1 atom stereocenters. The molecule has 3 rings (SSSR count). The van der Waals surface area contributed by atoms with Crippen LogP contribution in [-0.2, 0) is 14.8 Å². The second-order valence-corrected chi connectivity index (χ2v) is 9.21. The van der Waals surface area contributed by atoms with Gasteiger partial charge in [-0.3, -0.25) is 9.59 Å². The molecule has 0 heterocycles. The predicted octanol–water partition coefficient (Wildman–Crippen LogP) is 4.14. The van der Waals surface area contributed by atoms with Crippen LogP contribution < -0.4 is 14.8 Å². The van der Waals surface area contributed by atoms with Gasteiger partial charge in [-0.25, -0.2) is 13.1 Å². The van der Waals surface area contributed by atoms with Crippen LogP contribution in [-0.4, -0.2) is 26.3 Å². The first-order chi connectivity index (χ1) is 16.3. The zero-order chi connectivity index (χ0) is 24.6. The Morgan fingerprint density at radius 3 is 2.09 bits per heavy atom. The lowest BCUT2D eigenvalue weighted by Crippen LogP contribution is -2.38. The predicted molar refractivity (Wildman–Crippen MR) is 130 cm³/mol. The lowest BCUT2D eigenvalue weighted by molar-refractivity contribution is -0.116. The normalized spacial score (nSPS) is 12.5. The second kappa shape index (κ2) is 11.3. The summed E-state index contributed by atoms with van der Waals surface area (Å²) >= 11 is 0. The number of benzene rings is 3. The molecular formula is C26H26N2O5S. The van der Waals surface area contributed by atoms with Crippen molar-refractivity contribution in [1.29, 1.82) is 0 Å². The minimum Gasteiger partial charge on any atom is -0.491 e. The van der Waals surface area contributed by atoms with E-state index in [1.54, 1.807) is 72.8 Å². The van der Waals surface area contributed by atoms with Gasteiger partial charge >= 0.3 is 0 Å². The van der Waals surface area contributed by atoms with Crippen molar-refractivity contribution in [2.24, 2.45) is 0 Å². The molecule has 0 saturated carbocycles. The van der Waals surface area contributed by atoms with Crippen LogP contribution in [0.4, 0.5) is 0 Å². The molecular weight excluding hydrogens is 452 g/mol. The topological polar surface area (TPSA) is 102 Å². The lowest BCUT2D eigenvalue weighted by atomic mass is 10.1. The van der Waals surface area contributed by atoms with E-state index in [-0.39, 0.29) is 16.7 Å². The van der Waals surface area contributed by atoms with Crippen molar-refractivity contribution >= 4 is 27.9 Å². The van der Waals surface area contributed by atoms with Crippen molar-refractivity contribution in [2.75, 3.05) is 0 Å². The van der Waals surface area contributed by atoms with E-state index in [0.29, 0.717) is 16.9 Å². The van der Waals surface area contributed by atoms with Gasteiger partial charge in [0.15, 0.2) is 0 Å². The molecule has 0 spiro atoms.